The van der Waals surface area contributed by atoms with Crippen LogP contribution in [-0.2, 0) is 19.6 Å². The Hall–Kier alpha value is -1.54. The summed E-state index contributed by atoms with van der Waals surface area (Å²) in [5, 5.41) is 0. The van der Waals surface area contributed by atoms with Gasteiger partial charge in [0.2, 0.25) is 10.0 Å². The lowest BCUT2D eigenvalue weighted by atomic mass is 10.1. The maximum Gasteiger partial charge on any atom is 0.305 e. The third-order valence-corrected chi connectivity index (χ3v) is 4.34. The molecule has 0 amide bonds. The van der Waals surface area contributed by atoms with Gasteiger partial charge in [0.25, 0.3) is 0 Å². The maximum atomic E-state index is 13.5. The van der Waals surface area contributed by atoms with Gasteiger partial charge in [-0.3, -0.25) is 4.79 Å². The van der Waals surface area contributed by atoms with E-state index in [1.165, 1.54) is 14.0 Å². The minimum atomic E-state index is -3.71. The summed E-state index contributed by atoms with van der Waals surface area (Å²) < 4.78 is 56.9. The first kappa shape index (κ1) is 17.5. The molecule has 0 spiro atoms. The molecule has 5 nitrogen and oxygen atoms in total. The van der Waals surface area contributed by atoms with Gasteiger partial charge in [-0.05, 0) is 31.5 Å². The number of benzene rings is 1. The molecule has 1 atom stereocenters. The largest absolute Gasteiger partial charge is 0.469 e. The Morgan fingerprint density at radius 2 is 2.05 bits per heavy atom. The van der Waals surface area contributed by atoms with Crippen LogP contribution in [0, 0.1) is 11.6 Å². The summed E-state index contributed by atoms with van der Waals surface area (Å²) in [5.41, 5.74) is -0.0773. The van der Waals surface area contributed by atoms with Crippen LogP contribution in [0.5, 0.6) is 0 Å². The summed E-state index contributed by atoms with van der Waals surface area (Å²) in [4.78, 5) is 10.9. The lowest BCUT2D eigenvalue weighted by Crippen LogP contribution is -2.30. The zero-order chi connectivity index (χ0) is 16.0. The van der Waals surface area contributed by atoms with Gasteiger partial charge in [0, 0.05) is 18.0 Å². The molecular weight excluding hydrogens is 304 g/mol. The van der Waals surface area contributed by atoms with Crippen molar-refractivity contribution in [2.75, 3.05) is 12.9 Å². The van der Waals surface area contributed by atoms with Crippen molar-refractivity contribution < 1.29 is 26.7 Å². The second-order valence-electron chi connectivity index (χ2n) is 4.50. The summed E-state index contributed by atoms with van der Waals surface area (Å²) in [7, 11) is -2.50. The number of sulfonamides is 1. The zero-order valence-corrected chi connectivity index (χ0v) is 12.5. The lowest BCUT2D eigenvalue weighted by molar-refractivity contribution is -0.140. The van der Waals surface area contributed by atoms with E-state index >= 15 is 0 Å². The zero-order valence-electron chi connectivity index (χ0n) is 11.7. The summed E-state index contributed by atoms with van der Waals surface area (Å²) in [6.45, 7) is 1.41. The first-order valence-electron chi connectivity index (χ1n) is 6.27. The van der Waals surface area contributed by atoms with Gasteiger partial charge < -0.3 is 4.74 Å². The number of methoxy groups -OCH3 is 1. The highest BCUT2D eigenvalue weighted by Crippen LogP contribution is 2.19. The average Bonchev–Trinajstić information content (AvgIpc) is 2.40. The van der Waals surface area contributed by atoms with Crippen molar-refractivity contribution in [1.29, 1.82) is 0 Å². The van der Waals surface area contributed by atoms with Crippen LogP contribution in [-0.4, -0.2) is 27.2 Å². The SMILES string of the molecule is COC(=O)CCCS(=O)(=O)NC(C)c1cc(F)ccc1F. The number of hydrogen-bond donors (Lipinski definition) is 1. The summed E-state index contributed by atoms with van der Waals surface area (Å²) in [6, 6.07) is 1.92. The van der Waals surface area contributed by atoms with Crippen molar-refractivity contribution in [1.82, 2.24) is 4.72 Å². The van der Waals surface area contributed by atoms with Crippen LogP contribution in [0.3, 0.4) is 0 Å². The molecule has 21 heavy (non-hydrogen) atoms. The van der Waals surface area contributed by atoms with Crippen LogP contribution in [0.4, 0.5) is 8.78 Å². The molecule has 0 aliphatic rings. The smallest absolute Gasteiger partial charge is 0.305 e. The monoisotopic (exact) mass is 321 g/mol. The molecule has 0 aliphatic heterocycles. The van der Waals surface area contributed by atoms with E-state index < -0.39 is 33.7 Å². The van der Waals surface area contributed by atoms with Gasteiger partial charge in [-0.1, -0.05) is 0 Å². The van der Waals surface area contributed by atoms with E-state index in [4.69, 9.17) is 0 Å². The van der Waals surface area contributed by atoms with E-state index in [-0.39, 0.29) is 24.2 Å². The maximum absolute atomic E-state index is 13.5. The quantitative estimate of drug-likeness (QED) is 0.779. The molecule has 0 aliphatic carbocycles. The number of esters is 1. The molecule has 118 valence electrons. The van der Waals surface area contributed by atoms with Crippen LogP contribution in [0.25, 0.3) is 0 Å². The molecule has 1 aromatic carbocycles. The Morgan fingerprint density at radius 3 is 2.67 bits per heavy atom. The van der Waals surface area contributed by atoms with Crippen LogP contribution >= 0.6 is 0 Å². The van der Waals surface area contributed by atoms with E-state index in [9.17, 15) is 22.0 Å². The van der Waals surface area contributed by atoms with Crippen molar-refractivity contribution in [3.63, 3.8) is 0 Å². The first-order chi connectivity index (χ1) is 9.75. The minimum Gasteiger partial charge on any atom is -0.469 e. The van der Waals surface area contributed by atoms with Gasteiger partial charge in [-0.15, -0.1) is 0 Å². The molecule has 0 bridgehead atoms. The normalized spacial score (nSPS) is 13.0. The Bertz CT molecular complexity index is 604. The fourth-order valence-corrected chi connectivity index (χ4v) is 3.05. The molecule has 0 saturated carbocycles. The number of carbonyl (C=O) groups is 1. The van der Waals surface area contributed by atoms with Crippen LogP contribution in [0.15, 0.2) is 18.2 Å². The van der Waals surface area contributed by atoms with E-state index in [2.05, 4.69) is 9.46 Å². The molecule has 1 N–H and O–H groups in total. The van der Waals surface area contributed by atoms with Gasteiger partial charge in [-0.25, -0.2) is 21.9 Å². The molecular formula is C13H17F2NO4S. The van der Waals surface area contributed by atoms with E-state index in [0.29, 0.717) is 0 Å². The minimum absolute atomic E-state index is 0.0277. The Balaban J connectivity index is 2.66. The summed E-state index contributed by atoms with van der Waals surface area (Å²) in [5.74, 6) is -2.15. The fraction of sp³-hybridized carbons (Fsp3) is 0.462. The molecule has 0 saturated heterocycles. The van der Waals surface area contributed by atoms with Gasteiger partial charge in [0.1, 0.15) is 11.6 Å². The van der Waals surface area contributed by atoms with Gasteiger partial charge in [0.05, 0.1) is 12.9 Å². The van der Waals surface area contributed by atoms with Crippen molar-refractivity contribution in [2.24, 2.45) is 0 Å². The van der Waals surface area contributed by atoms with Crippen molar-refractivity contribution in [3.8, 4) is 0 Å². The predicted octanol–water partition coefficient (Wildman–Crippen LogP) is 1.90. The highest BCUT2D eigenvalue weighted by Gasteiger charge is 2.19. The van der Waals surface area contributed by atoms with Crippen molar-refractivity contribution in [2.45, 2.75) is 25.8 Å². The number of rotatable bonds is 7. The van der Waals surface area contributed by atoms with E-state index in [1.54, 1.807) is 0 Å². The van der Waals surface area contributed by atoms with Gasteiger partial charge in [0.15, 0.2) is 0 Å². The average molecular weight is 321 g/mol. The predicted molar refractivity (Wildman–Crippen MR) is 72.9 cm³/mol. The van der Waals surface area contributed by atoms with Crippen LogP contribution in [0.1, 0.15) is 31.4 Å². The second-order valence-corrected chi connectivity index (χ2v) is 6.38. The highest BCUT2D eigenvalue weighted by atomic mass is 32.2. The molecule has 0 fully saturated rings. The van der Waals surface area contributed by atoms with E-state index in [1.807, 2.05) is 0 Å². The fourth-order valence-electron chi connectivity index (χ4n) is 1.75. The summed E-state index contributed by atoms with van der Waals surface area (Å²) >= 11 is 0. The number of carbonyl (C=O) groups excluding carboxylic acids is 1. The molecule has 0 radical (unpaired) electrons. The molecule has 8 heteroatoms. The first-order valence-corrected chi connectivity index (χ1v) is 7.92. The number of hydrogen-bond acceptors (Lipinski definition) is 4. The Labute approximate surface area is 122 Å². The standard InChI is InChI=1S/C13H17F2NO4S/c1-9(11-8-10(14)5-6-12(11)15)16-21(18,19)7-3-4-13(17)20-2/h5-6,8-9,16H,3-4,7H2,1-2H3. The van der Waals surface area contributed by atoms with Gasteiger partial charge in [-0.2, -0.15) is 0 Å². The number of halogens is 2. The van der Waals surface area contributed by atoms with Crippen molar-refractivity contribution in [3.05, 3.63) is 35.4 Å². The van der Waals surface area contributed by atoms with Crippen LogP contribution in [0.2, 0.25) is 0 Å². The summed E-state index contributed by atoms with van der Waals surface area (Å²) in [6.07, 6.45) is 0.0560. The Kier molecular flexibility index (Phi) is 6.22. The Morgan fingerprint density at radius 1 is 1.38 bits per heavy atom. The third kappa shape index (κ3) is 5.76. The molecule has 0 heterocycles. The highest BCUT2D eigenvalue weighted by molar-refractivity contribution is 7.89. The number of nitrogens with one attached hydrogen (secondary N) is 1. The van der Waals surface area contributed by atoms with Crippen molar-refractivity contribution >= 4 is 16.0 Å². The lowest BCUT2D eigenvalue weighted by Gasteiger charge is -2.15. The topological polar surface area (TPSA) is 72.5 Å². The second kappa shape index (κ2) is 7.46. The molecule has 1 rings (SSSR count). The molecule has 1 aromatic rings. The molecule has 0 aromatic heterocycles. The van der Waals surface area contributed by atoms with E-state index in [0.717, 1.165) is 18.2 Å². The van der Waals surface area contributed by atoms with Gasteiger partial charge >= 0.3 is 5.97 Å². The molecule has 1 unspecified atom stereocenters. The third-order valence-electron chi connectivity index (χ3n) is 2.80. The number of ether oxygens (including phenoxy) is 1. The van der Waals surface area contributed by atoms with Crippen LogP contribution < -0.4 is 4.72 Å².